The summed E-state index contributed by atoms with van der Waals surface area (Å²) < 4.78 is 0. The molecule has 3 rings (SSSR count). The number of nitrogens with one attached hydrogen (secondary N) is 1. The van der Waals surface area contributed by atoms with E-state index < -0.39 is 6.04 Å². The number of hydrogen-bond donors (Lipinski definition) is 1. The van der Waals surface area contributed by atoms with Crippen LogP contribution in [-0.4, -0.2) is 28.8 Å². The van der Waals surface area contributed by atoms with Gasteiger partial charge in [-0.2, -0.15) is 0 Å². The van der Waals surface area contributed by atoms with Crippen LogP contribution < -0.4 is 5.32 Å². The number of nitrogens with zero attached hydrogens (tertiary/aromatic N) is 1. The Kier molecular flexibility index (Phi) is 9.92. The SMILES string of the molecule is CCC(C)NC(=O)C(Cc1ccccc1)N(Cc1ccc(C)cc1)C(=O)CCc1ccccc1Cl. The van der Waals surface area contributed by atoms with E-state index in [1.165, 1.54) is 0 Å². The van der Waals surface area contributed by atoms with Crippen molar-refractivity contribution < 1.29 is 9.59 Å². The molecule has 0 aliphatic carbocycles. The van der Waals surface area contributed by atoms with Crippen LogP contribution in [0, 0.1) is 6.92 Å². The summed E-state index contributed by atoms with van der Waals surface area (Å²) in [5, 5.41) is 3.76. The first-order valence-corrected chi connectivity index (χ1v) is 12.7. The van der Waals surface area contributed by atoms with Gasteiger partial charge in [-0.15, -0.1) is 0 Å². The van der Waals surface area contributed by atoms with Gasteiger partial charge in [0.05, 0.1) is 0 Å². The summed E-state index contributed by atoms with van der Waals surface area (Å²) >= 11 is 6.34. The Morgan fingerprint density at radius 3 is 2.23 bits per heavy atom. The Bertz CT molecular complexity index is 1100. The standard InChI is InChI=1S/C30H35ClN2O2/c1-4-23(3)32-30(35)28(20-24-10-6-5-7-11-24)33(21-25-16-14-22(2)15-17-25)29(34)19-18-26-12-8-9-13-27(26)31/h5-17,23,28H,4,18-21H2,1-3H3,(H,32,35). The average molecular weight is 491 g/mol. The normalized spacial score (nSPS) is 12.6. The quantitative estimate of drug-likeness (QED) is 0.351. The van der Waals surface area contributed by atoms with Crippen LogP contribution in [0.25, 0.3) is 0 Å². The fourth-order valence-electron chi connectivity index (χ4n) is 3.97. The third-order valence-corrected chi connectivity index (χ3v) is 6.68. The molecule has 0 aromatic heterocycles. The first-order valence-electron chi connectivity index (χ1n) is 12.3. The molecule has 0 spiro atoms. The molecule has 3 aromatic rings. The monoisotopic (exact) mass is 490 g/mol. The lowest BCUT2D eigenvalue weighted by molar-refractivity contribution is -0.141. The summed E-state index contributed by atoms with van der Waals surface area (Å²) in [5.41, 5.74) is 4.10. The van der Waals surface area contributed by atoms with Crippen molar-refractivity contribution >= 4 is 23.4 Å². The smallest absolute Gasteiger partial charge is 0.243 e. The molecule has 5 heteroatoms. The summed E-state index contributed by atoms with van der Waals surface area (Å²) in [5.74, 6) is -0.188. The van der Waals surface area contributed by atoms with Gasteiger partial charge in [-0.05, 0) is 49.4 Å². The van der Waals surface area contributed by atoms with E-state index in [1.54, 1.807) is 4.90 Å². The Morgan fingerprint density at radius 2 is 1.57 bits per heavy atom. The topological polar surface area (TPSA) is 49.4 Å². The minimum atomic E-state index is -0.619. The summed E-state index contributed by atoms with van der Waals surface area (Å²) in [4.78, 5) is 28.9. The zero-order chi connectivity index (χ0) is 25.2. The number of carbonyl (C=O) groups is 2. The molecule has 0 fully saturated rings. The highest BCUT2D eigenvalue weighted by molar-refractivity contribution is 6.31. The molecule has 35 heavy (non-hydrogen) atoms. The molecule has 0 radical (unpaired) electrons. The van der Waals surface area contributed by atoms with Crippen LogP contribution in [0.3, 0.4) is 0 Å². The molecule has 2 atom stereocenters. The van der Waals surface area contributed by atoms with Gasteiger partial charge in [-0.3, -0.25) is 9.59 Å². The Hall–Kier alpha value is -3.11. The average Bonchev–Trinajstić information content (AvgIpc) is 2.87. The lowest BCUT2D eigenvalue weighted by Crippen LogP contribution is -2.52. The van der Waals surface area contributed by atoms with E-state index in [-0.39, 0.29) is 24.3 Å². The van der Waals surface area contributed by atoms with E-state index >= 15 is 0 Å². The van der Waals surface area contributed by atoms with Gasteiger partial charge in [-0.25, -0.2) is 0 Å². The fraction of sp³-hybridized carbons (Fsp3) is 0.333. The van der Waals surface area contributed by atoms with Crippen molar-refractivity contribution in [2.45, 2.75) is 65.1 Å². The van der Waals surface area contributed by atoms with Gasteiger partial charge < -0.3 is 10.2 Å². The van der Waals surface area contributed by atoms with Crippen LogP contribution >= 0.6 is 11.6 Å². The third kappa shape index (κ3) is 7.97. The second-order valence-corrected chi connectivity index (χ2v) is 9.53. The maximum absolute atomic E-state index is 13.7. The summed E-state index contributed by atoms with van der Waals surface area (Å²) in [7, 11) is 0. The minimum Gasteiger partial charge on any atom is -0.352 e. The van der Waals surface area contributed by atoms with Crippen LogP contribution in [0.2, 0.25) is 5.02 Å². The zero-order valence-corrected chi connectivity index (χ0v) is 21.6. The molecule has 2 unspecified atom stereocenters. The predicted octanol–water partition coefficient (Wildman–Crippen LogP) is 6.14. The van der Waals surface area contributed by atoms with Crippen LogP contribution in [0.1, 0.15) is 48.9 Å². The maximum atomic E-state index is 13.7. The molecule has 0 aliphatic heterocycles. The van der Waals surface area contributed by atoms with E-state index in [4.69, 9.17) is 11.6 Å². The highest BCUT2D eigenvalue weighted by Crippen LogP contribution is 2.20. The number of halogens is 1. The van der Waals surface area contributed by atoms with Crippen LogP contribution in [0.5, 0.6) is 0 Å². The van der Waals surface area contributed by atoms with Gasteiger partial charge >= 0.3 is 0 Å². The molecule has 3 aromatic carbocycles. The fourth-order valence-corrected chi connectivity index (χ4v) is 4.20. The van der Waals surface area contributed by atoms with E-state index in [1.807, 2.05) is 99.6 Å². The highest BCUT2D eigenvalue weighted by atomic mass is 35.5. The van der Waals surface area contributed by atoms with E-state index in [0.717, 1.165) is 28.7 Å². The molecule has 0 saturated carbocycles. The zero-order valence-electron chi connectivity index (χ0n) is 20.8. The van der Waals surface area contributed by atoms with Crippen molar-refractivity contribution in [3.8, 4) is 0 Å². The number of hydrogen-bond acceptors (Lipinski definition) is 2. The second-order valence-electron chi connectivity index (χ2n) is 9.12. The molecular weight excluding hydrogens is 456 g/mol. The van der Waals surface area contributed by atoms with Crippen molar-refractivity contribution in [1.82, 2.24) is 10.2 Å². The first kappa shape index (κ1) is 26.5. The van der Waals surface area contributed by atoms with Gasteiger partial charge in [-0.1, -0.05) is 96.9 Å². The lowest BCUT2D eigenvalue weighted by Gasteiger charge is -2.32. The van der Waals surface area contributed by atoms with Crippen molar-refractivity contribution in [2.24, 2.45) is 0 Å². The van der Waals surface area contributed by atoms with Crippen LogP contribution in [-0.2, 0) is 29.0 Å². The number of aryl methyl sites for hydroxylation is 2. The van der Waals surface area contributed by atoms with E-state index in [0.29, 0.717) is 24.4 Å². The highest BCUT2D eigenvalue weighted by Gasteiger charge is 2.30. The molecule has 0 bridgehead atoms. The van der Waals surface area contributed by atoms with Gasteiger partial charge in [0.1, 0.15) is 6.04 Å². The van der Waals surface area contributed by atoms with Crippen molar-refractivity contribution in [3.63, 3.8) is 0 Å². The Labute approximate surface area is 214 Å². The van der Waals surface area contributed by atoms with Crippen molar-refractivity contribution in [3.05, 3.63) is 106 Å². The Balaban J connectivity index is 1.91. The number of amides is 2. The van der Waals surface area contributed by atoms with E-state index in [9.17, 15) is 9.59 Å². The van der Waals surface area contributed by atoms with E-state index in [2.05, 4.69) is 5.32 Å². The van der Waals surface area contributed by atoms with Crippen molar-refractivity contribution in [2.75, 3.05) is 0 Å². The van der Waals surface area contributed by atoms with Crippen LogP contribution in [0.15, 0.2) is 78.9 Å². The molecule has 4 nitrogen and oxygen atoms in total. The molecule has 0 saturated heterocycles. The molecule has 0 heterocycles. The molecule has 184 valence electrons. The molecule has 1 N–H and O–H groups in total. The van der Waals surface area contributed by atoms with Gasteiger partial charge in [0, 0.05) is 30.5 Å². The van der Waals surface area contributed by atoms with Gasteiger partial charge in [0.2, 0.25) is 11.8 Å². The summed E-state index contributed by atoms with van der Waals surface area (Å²) in [6.45, 7) is 6.43. The maximum Gasteiger partial charge on any atom is 0.243 e. The summed E-state index contributed by atoms with van der Waals surface area (Å²) in [6.07, 6.45) is 2.07. The predicted molar refractivity (Wildman–Crippen MR) is 143 cm³/mol. The van der Waals surface area contributed by atoms with Crippen molar-refractivity contribution in [1.29, 1.82) is 0 Å². The number of benzene rings is 3. The third-order valence-electron chi connectivity index (χ3n) is 6.31. The number of rotatable bonds is 11. The lowest BCUT2D eigenvalue weighted by atomic mass is 10.0. The second kappa shape index (κ2) is 13.1. The first-order chi connectivity index (χ1) is 16.9. The molecule has 2 amide bonds. The number of carbonyl (C=O) groups excluding carboxylic acids is 2. The van der Waals surface area contributed by atoms with Gasteiger partial charge in [0.15, 0.2) is 0 Å². The Morgan fingerprint density at radius 1 is 0.914 bits per heavy atom. The summed E-state index contributed by atoms with van der Waals surface area (Å²) in [6, 6.07) is 25.0. The molecule has 0 aliphatic rings. The van der Waals surface area contributed by atoms with Crippen LogP contribution in [0.4, 0.5) is 0 Å². The largest absolute Gasteiger partial charge is 0.352 e. The minimum absolute atomic E-state index is 0.0280. The van der Waals surface area contributed by atoms with Gasteiger partial charge in [0.25, 0.3) is 0 Å². The molecular formula is C30H35ClN2O2.